The third-order valence-corrected chi connectivity index (χ3v) is 12.8. The Morgan fingerprint density at radius 2 is 1.53 bits per heavy atom. The summed E-state index contributed by atoms with van der Waals surface area (Å²) >= 11 is 0. The highest BCUT2D eigenvalue weighted by Gasteiger charge is 2.49. The van der Waals surface area contributed by atoms with E-state index in [9.17, 15) is 0 Å². The lowest BCUT2D eigenvalue weighted by Gasteiger charge is -2.48. The maximum absolute atomic E-state index is 7.21. The van der Waals surface area contributed by atoms with Gasteiger partial charge in [0.25, 0.3) is 0 Å². The first-order chi connectivity index (χ1) is 26.3. The summed E-state index contributed by atoms with van der Waals surface area (Å²) in [6.45, 7) is 0. The Morgan fingerprint density at radius 3 is 2.43 bits per heavy atom. The summed E-state index contributed by atoms with van der Waals surface area (Å²) in [7, 11) is 0. The lowest BCUT2D eigenvalue weighted by atomic mass is 9.62. The van der Waals surface area contributed by atoms with Gasteiger partial charge in [-0.15, -0.1) is 0 Å². The van der Waals surface area contributed by atoms with Crippen molar-refractivity contribution >= 4 is 16.8 Å². The van der Waals surface area contributed by atoms with Gasteiger partial charge < -0.3 is 14.4 Å². The predicted molar refractivity (Wildman–Crippen MR) is 215 cm³/mol. The first-order valence-electron chi connectivity index (χ1n) is 19.6. The van der Waals surface area contributed by atoms with Crippen LogP contribution in [0.4, 0.5) is 5.69 Å². The van der Waals surface area contributed by atoms with Crippen LogP contribution < -0.4 is 14.4 Å². The smallest absolute Gasteiger partial charge is 0.131 e. The summed E-state index contributed by atoms with van der Waals surface area (Å²) in [5, 5.41) is 0. The molecular formula is C50H43NO2. The summed E-state index contributed by atoms with van der Waals surface area (Å²) in [6, 6.07) is 36.4. The molecule has 4 aromatic rings. The van der Waals surface area contributed by atoms with Crippen molar-refractivity contribution in [3.8, 4) is 11.5 Å². The fourth-order valence-corrected chi connectivity index (χ4v) is 10.6. The highest BCUT2D eigenvalue weighted by atomic mass is 16.5. The van der Waals surface area contributed by atoms with Gasteiger partial charge in [-0.1, -0.05) is 146 Å². The summed E-state index contributed by atoms with van der Waals surface area (Å²) in [5.74, 6) is 2.78. The van der Waals surface area contributed by atoms with Gasteiger partial charge in [-0.05, 0) is 70.9 Å². The number of rotatable bonds is 4. The second kappa shape index (κ2) is 12.6. The number of hydrogen-bond donors (Lipinski definition) is 0. The summed E-state index contributed by atoms with van der Waals surface area (Å²) in [6.07, 6.45) is 30.3. The maximum Gasteiger partial charge on any atom is 0.131 e. The van der Waals surface area contributed by atoms with E-state index in [-0.39, 0.29) is 36.0 Å². The van der Waals surface area contributed by atoms with Gasteiger partial charge in [0.05, 0.1) is 6.04 Å². The standard InChI is InChI=1S/C50H43NO2/c1-3-15-32(16-4-1)35-22-14-28-46-48(35)49(40-21-9-11-26-44(40)52-46)47-39-20-8-12-27-45(39)53-50-36(23-13-24-41(47)50)33-29-30-38-37-19-7-10-25-42(37)51(43(38)31-33)34-17-5-2-6-18-34/h1,3-5,7-17,19-26,28-31,34,38,43,45-49H,2,6,18,27H2. The van der Waals surface area contributed by atoms with Crippen LogP contribution in [0.25, 0.3) is 11.1 Å². The van der Waals surface area contributed by atoms with E-state index >= 15 is 0 Å². The van der Waals surface area contributed by atoms with Crippen LogP contribution in [0.2, 0.25) is 0 Å². The molecule has 0 spiro atoms. The normalized spacial score (nSPS) is 29.9. The summed E-state index contributed by atoms with van der Waals surface area (Å²) in [4.78, 5) is 2.71. The molecule has 4 aromatic carbocycles. The number of ether oxygens (including phenoxy) is 2. The largest absolute Gasteiger partial charge is 0.485 e. The van der Waals surface area contributed by atoms with Gasteiger partial charge >= 0.3 is 0 Å². The number of nitrogens with zero attached hydrogens (tertiary/aromatic N) is 1. The number of benzene rings is 4. The van der Waals surface area contributed by atoms with E-state index in [2.05, 4.69) is 169 Å². The van der Waals surface area contributed by atoms with Crippen LogP contribution in [0.3, 0.4) is 0 Å². The van der Waals surface area contributed by atoms with Crippen molar-refractivity contribution in [1.82, 2.24) is 0 Å². The minimum absolute atomic E-state index is 0.0177. The molecule has 11 rings (SSSR count). The molecule has 3 nitrogen and oxygen atoms in total. The van der Waals surface area contributed by atoms with Gasteiger partial charge in [0.2, 0.25) is 0 Å². The fourth-order valence-electron chi connectivity index (χ4n) is 10.6. The molecule has 0 aromatic heterocycles. The highest BCUT2D eigenvalue weighted by molar-refractivity contribution is 5.84. The molecule has 3 heterocycles. The Labute approximate surface area is 312 Å². The first kappa shape index (κ1) is 31.0. The lowest BCUT2D eigenvalue weighted by Crippen LogP contribution is -2.42. The van der Waals surface area contributed by atoms with E-state index < -0.39 is 0 Å². The van der Waals surface area contributed by atoms with Crippen LogP contribution in [0.5, 0.6) is 11.5 Å². The van der Waals surface area contributed by atoms with Crippen molar-refractivity contribution in [3.63, 3.8) is 0 Å². The van der Waals surface area contributed by atoms with Gasteiger partial charge in [-0.25, -0.2) is 0 Å². The first-order valence-corrected chi connectivity index (χ1v) is 19.6. The molecule has 0 N–H and O–H groups in total. The number of para-hydroxylation sites is 3. The number of anilines is 1. The zero-order chi connectivity index (χ0) is 34.9. The predicted octanol–water partition coefficient (Wildman–Crippen LogP) is 11.3. The van der Waals surface area contributed by atoms with Crippen molar-refractivity contribution in [2.45, 2.75) is 67.7 Å². The van der Waals surface area contributed by atoms with E-state index in [1.54, 1.807) is 0 Å². The molecular weight excluding hydrogens is 647 g/mol. The molecule has 0 amide bonds. The Kier molecular flexibility index (Phi) is 7.35. The molecule has 0 radical (unpaired) electrons. The van der Waals surface area contributed by atoms with E-state index in [0.29, 0.717) is 12.0 Å². The van der Waals surface area contributed by atoms with Crippen LogP contribution in [-0.2, 0) is 0 Å². The molecule has 3 heteroatoms. The topological polar surface area (TPSA) is 21.7 Å². The zero-order valence-corrected chi connectivity index (χ0v) is 29.8. The molecule has 0 bridgehead atoms. The third-order valence-electron chi connectivity index (χ3n) is 12.8. The summed E-state index contributed by atoms with van der Waals surface area (Å²) < 4.78 is 14.1. The molecule has 0 fully saturated rings. The van der Waals surface area contributed by atoms with Crippen LogP contribution >= 0.6 is 0 Å². The highest BCUT2D eigenvalue weighted by Crippen LogP contribution is 2.60. The van der Waals surface area contributed by atoms with E-state index in [4.69, 9.17) is 9.47 Å². The minimum atomic E-state index is -0.0625. The molecule has 260 valence electrons. The summed E-state index contributed by atoms with van der Waals surface area (Å²) in [5.41, 5.74) is 11.8. The molecule has 7 aliphatic rings. The quantitative estimate of drug-likeness (QED) is 0.199. The number of allylic oxidation sites excluding steroid dienone is 7. The minimum Gasteiger partial charge on any atom is -0.485 e. The second-order valence-corrected chi connectivity index (χ2v) is 15.6. The number of hydrogen-bond acceptors (Lipinski definition) is 3. The molecule has 8 atom stereocenters. The van der Waals surface area contributed by atoms with Gasteiger partial charge in [0.15, 0.2) is 0 Å². The molecule has 8 unspecified atom stereocenters. The van der Waals surface area contributed by atoms with Crippen molar-refractivity contribution in [2.24, 2.45) is 5.92 Å². The average Bonchev–Trinajstić information content (AvgIpc) is 3.56. The molecule has 0 saturated carbocycles. The van der Waals surface area contributed by atoms with E-state index in [0.717, 1.165) is 17.9 Å². The van der Waals surface area contributed by atoms with Crippen molar-refractivity contribution in [1.29, 1.82) is 0 Å². The Balaban J connectivity index is 1.07. The third kappa shape index (κ3) is 4.93. The SMILES string of the molecule is C1=CCC2Oc3c(C4=CC5C(C=C4)c4ccccc4N5C4C=CCCC4)cccc3C(C3c4ccccc4OC4C=CC=C(c5ccccc5)C43)C2=C1. The van der Waals surface area contributed by atoms with Gasteiger partial charge in [0, 0.05) is 52.9 Å². The molecule has 0 saturated heterocycles. The molecule has 4 aliphatic carbocycles. The Morgan fingerprint density at radius 1 is 0.679 bits per heavy atom. The zero-order valence-electron chi connectivity index (χ0n) is 29.8. The number of fused-ring (bicyclic) bond motifs is 7. The molecule has 53 heavy (non-hydrogen) atoms. The van der Waals surface area contributed by atoms with Crippen molar-refractivity contribution in [2.75, 3.05) is 4.90 Å². The van der Waals surface area contributed by atoms with Gasteiger partial charge in [0.1, 0.15) is 23.7 Å². The Hall–Kier alpha value is -5.54. The average molecular weight is 690 g/mol. The van der Waals surface area contributed by atoms with Crippen molar-refractivity contribution < 1.29 is 9.47 Å². The van der Waals surface area contributed by atoms with Crippen LogP contribution in [0.1, 0.15) is 71.3 Å². The Bertz CT molecular complexity index is 2320. The lowest BCUT2D eigenvalue weighted by molar-refractivity contribution is 0.141. The van der Waals surface area contributed by atoms with Crippen molar-refractivity contribution in [3.05, 3.63) is 197 Å². The van der Waals surface area contributed by atoms with Gasteiger partial charge in [-0.3, -0.25) is 0 Å². The van der Waals surface area contributed by atoms with Crippen LogP contribution in [0.15, 0.2) is 169 Å². The second-order valence-electron chi connectivity index (χ2n) is 15.6. The van der Waals surface area contributed by atoms with Crippen LogP contribution in [-0.4, -0.2) is 24.3 Å². The van der Waals surface area contributed by atoms with Gasteiger partial charge in [-0.2, -0.15) is 0 Å². The van der Waals surface area contributed by atoms with E-state index in [1.807, 2.05) is 0 Å². The molecule has 3 aliphatic heterocycles. The monoisotopic (exact) mass is 689 g/mol. The van der Waals surface area contributed by atoms with E-state index in [1.165, 1.54) is 69.5 Å². The van der Waals surface area contributed by atoms with Crippen LogP contribution in [0, 0.1) is 5.92 Å². The fraction of sp³-hybridized carbons (Fsp3) is 0.240. The maximum atomic E-state index is 7.21.